The zero-order valence-corrected chi connectivity index (χ0v) is 10.7. The topological polar surface area (TPSA) is 81.4 Å². The highest BCUT2D eigenvalue weighted by molar-refractivity contribution is 5.87. The van der Waals surface area contributed by atoms with Crippen molar-refractivity contribution in [2.75, 3.05) is 13.2 Å². The van der Waals surface area contributed by atoms with E-state index in [2.05, 4.69) is 5.32 Å². The van der Waals surface area contributed by atoms with Gasteiger partial charge in [-0.25, -0.2) is 0 Å². The van der Waals surface area contributed by atoms with E-state index in [0.717, 1.165) is 32.1 Å². The van der Waals surface area contributed by atoms with Crippen LogP contribution in [0.15, 0.2) is 0 Å². The molecule has 1 aliphatic carbocycles. The van der Waals surface area contributed by atoms with Gasteiger partial charge in [0, 0.05) is 6.61 Å². The van der Waals surface area contributed by atoms with E-state index in [1.54, 1.807) is 0 Å². The van der Waals surface area contributed by atoms with Crippen LogP contribution in [0, 0.1) is 11.8 Å². The van der Waals surface area contributed by atoms with Crippen LogP contribution in [0.5, 0.6) is 0 Å². The van der Waals surface area contributed by atoms with E-state index in [1.807, 2.05) is 0 Å². The molecule has 0 unspecified atom stereocenters. The minimum atomic E-state index is -0.501. The third-order valence-corrected chi connectivity index (χ3v) is 4.03. The van der Waals surface area contributed by atoms with Crippen molar-refractivity contribution in [2.45, 2.75) is 44.6 Å². The number of carbonyl (C=O) groups excluding carboxylic acids is 2. The fourth-order valence-electron chi connectivity index (χ4n) is 2.90. The van der Waals surface area contributed by atoms with Gasteiger partial charge in [0.15, 0.2) is 0 Å². The molecule has 1 heterocycles. The molecule has 1 saturated carbocycles. The number of amides is 2. The van der Waals surface area contributed by atoms with Crippen molar-refractivity contribution in [2.24, 2.45) is 17.6 Å². The molecule has 0 spiro atoms. The first-order valence-electron chi connectivity index (χ1n) is 6.86. The Bertz CT molecular complexity index is 307. The average molecular weight is 254 g/mol. The number of ether oxygens (including phenoxy) is 1. The van der Waals surface area contributed by atoms with E-state index in [9.17, 15) is 9.59 Å². The summed E-state index contributed by atoms with van der Waals surface area (Å²) in [7, 11) is 0. The van der Waals surface area contributed by atoms with Crippen molar-refractivity contribution in [3.05, 3.63) is 0 Å². The number of nitrogens with two attached hydrogens (primary N) is 1. The van der Waals surface area contributed by atoms with Crippen LogP contribution in [0.3, 0.4) is 0 Å². The van der Waals surface area contributed by atoms with Crippen LogP contribution in [0.2, 0.25) is 0 Å². The molecule has 5 nitrogen and oxygen atoms in total. The van der Waals surface area contributed by atoms with Crippen LogP contribution in [0.1, 0.15) is 38.5 Å². The van der Waals surface area contributed by atoms with Gasteiger partial charge in [0.25, 0.3) is 0 Å². The van der Waals surface area contributed by atoms with Gasteiger partial charge in [-0.2, -0.15) is 0 Å². The quantitative estimate of drug-likeness (QED) is 0.769. The van der Waals surface area contributed by atoms with Crippen molar-refractivity contribution in [3.63, 3.8) is 0 Å². The van der Waals surface area contributed by atoms with Crippen molar-refractivity contribution < 1.29 is 14.3 Å². The highest BCUT2D eigenvalue weighted by atomic mass is 16.5. The third-order valence-electron chi connectivity index (χ3n) is 4.03. The number of rotatable bonds is 4. The Morgan fingerprint density at radius 1 is 1.17 bits per heavy atom. The second-order valence-electron chi connectivity index (χ2n) is 5.35. The Labute approximate surface area is 107 Å². The molecule has 18 heavy (non-hydrogen) atoms. The maximum absolute atomic E-state index is 12.0. The van der Waals surface area contributed by atoms with Gasteiger partial charge < -0.3 is 15.8 Å². The van der Waals surface area contributed by atoms with E-state index >= 15 is 0 Å². The van der Waals surface area contributed by atoms with Crippen LogP contribution in [-0.4, -0.2) is 31.1 Å². The summed E-state index contributed by atoms with van der Waals surface area (Å²) < 4.78 is 5.19. The van der Waals surface area contributed by atoms with Gasteiger partial charge in [-0.15, -0.1) is 0 Å². The molecule has 0 aromatic heterocycles. The summed E-state index contributed by atoms with van der Waals surface area (Å²) >= 11 is 0. The number of hydrogen-bond donors (Lipinski definition) is 2. The molecule has 2 rings (SSSR count). The summed E-state index contributed by atoms with van der Waals surface area (Å²) in [5, 5.41) is 2.83. The highest BCUT2D eigenvalue weighted by Crippen LogP contribution is 2.26. The standard InChI is InChI=1S/C13H22N2O3/c14-12(16)11(9-4-2-1-3-5-9)15-13(17)10-6-7-18-8-10/h9-11H,1-8H2,(H2,14,16)(H,15,17)/t10-,11-/m0/s1. The smallest absolute Gasteiger partial charge is 0.240 e. The Balaban J connectivity index is 1.92. The Hall–Kier alpha value is -1.10. The Morgan fingerprint density at radius 3 is 2.44 bits per heavy atom. The maximum Gasteiger partial charge on any atom is 0.240 e. The normalized spacial score (nSPS) is 26.8. The van der Waals surface area contributed by atoms with Gasteiger partial charge in [0.05, 0.1) is 12.5 Å². The lowest BCUT2D eigenvalue weighted by molar-refractivity contribution is -0.131. The lowest BCUT2D eigenvalue weighted by Crippen LogP contribution is -2.51. The second-order valence-corrected chi connectivity index (χ2v) is 5.35. The number of carbonyl (C=O) groups is 2. The molecule has 0 radical (unpaired) electrons. The van der Waals surface area contributed by atoms with E-state index in [4.69, 9.17) is 10.5 Å². The Morgan fingerprint density at radius 2 is 1.89 bits per heavy atom. The summed E-state index contributed by atoms with van der Waals surface area (Å²) in [4.78, 5) is 23.5. The molecule has 1 saturated heterocycles. The van der Waals surface area contributed by atoms with Crippen molar-refractivity contribution >= 4 is 11.8 Å². The van der Waals surface area contributed by atoms with Gasteiger partial charge in [0.2, 0.25) is 11.8 Å². The van der Waals surface area contributed by atoms with Crippen LogP contribution < -0.4 is 11.1 Å². The monoisotopic (exact) mass is 254 g/mol. The van der Waals surface area contributed by atoms with E-state index in [0.29, 0.717) is 13.2 Å². The molecule has 2 fully saturated rings. The molecule has 5 heteroatoms. The number of primary amides is 1. The molecule has 2 atom stereocenters. The maximum atomic E-state index is 12.0. The first-order valence-corrected chi connectivity index (χ1v) is 6.86. The molecular formula is C13H22N2O3. The average Bonchev–Trinajstić information content (AvgIpc) is 2.90. The number of hydrogen-bond acceptors (Lipinski definition) is 3. The predicted molar refractivity (Wildman–Crippen MR) is 66.6 cm³/mol. The van der Waals surface area contributed by atoms with E-state index in [-0.39, 0.29) is 17.7 Å². The summed E-state index contributed by atoms with van der Waals surface area (Å²) in [6.07, 6.45) is 6.16. The van der Waals surface area contributed by atoms with Crippen molar-refractivity contribution in [1.82, 2.24) is 5.32 Å². The second kappa shape index (κ2) is 6.18. The largest absolute Gasteiger partial charge is 0.381 e. The summed E-state index contributed by atoms with van der Waals surface area (Å²) in [6, 6.07) is -0.501. The summed E-state index contributed by atoms with van der Waals surface area (Å²) in [5.74, 6) is -0.394. The molecule has 2 amide bonds. The molecule has 0 aromatic carbocycles. The minimum Gasteiger partial charge on any atom is -0.381 e. The van der Waals surface area contributed by atoms with Gasteiger partial charge in [0.1, 0.15) is 6.04 Å². The predicted octanol–water partition coefficient (Wildman–Crippen LogP) is 0.573. The van der Waals surface area contributed by atoms with Crippen LogP contribution in [0.4, 0.5) is 0 Å². The van der Waals surface area contributed by atoms with Gasteiger partial charge in [-0.05, 0) is 25.2 Å². The third kappa shape index (κ3) is 3.22. The molecule has 3 N–H and O–H groups in total. The Kier molecular flexibility index (Phi) is 4.58. The van der Waals surface area contributed by atoms with Gasteiger partial charge >= 0.3 is 0 Å². The molecule has 0 aromatic rings. The van der Waals surface area contributed by atoms with Gasteiger partial charge in [-0.1, -0.05) is 19.3 Å². The molecule has 2 aliphatic rings. The first kappa shape index (κ1) is 13.3. The van der Waals surface area contributed by atoms with Crippen LogP contribution in [0.25, 0.3) is 0 Å². The lowest BCUT2D eigenvalue weighted by Gasteiger charge is -2.29. The van der Waals surface area contributed by atoms with E-state index < -0.39 is 11.9 Å². The fraction of sp³-hybridized carbons (Fsp3) is 0.846. The first-order chi connectivity index (χ1) is 8.68. The zero-order chi connectivity index (χ0) is 13.0. The van der Waals surface area contributed by atoms with Crippen molar-refractivity contribution in [1.29, 1.82) is 0 Å². The number of nitrogens with one attached hydrogen (secondary N) is 1. The zero-order valence-electron chi connectivity index (χ0n) is 10.7. The molecule has 0 bridgehead atoms. The summed E-state index contributed by atoms with van der Waals surface area (Å²) in [6.45, 7) is 1.09. The van der Waals surface area contributed by atoms with Crippen molar-refractivity contribution in [3.8, 4) is 0 Å². The minimum absolute atomic E-state index is 0.0816. The van der Waals surface area contributed by atoms with Crippen LogP contribution in [-0.2, 0) is 14.3 Å². The fourth-order valence-corrected chi connectivity index (χ4v) is 2.90. The van der Waals surface area contributed by atoms with Gasteiger partial charge in [-0.3, -0.25) is 9.59 Å². The van der Waals surface area contributed by atoms with E-state index in [1.165, 1.54) is 6.42 Å². The molecule has 1 aliphatic heterocycles. The lowest BCUT2D eigenvalue weighted by atomic mass is 9.83. The molecular weight excluding hydrogens is 232 g/mol. The highest BCUT2D eigenvalue weighted by Gasteiger charge is 2.32. The summed E-state index contributed by atoms with van der Waals surface area (Å²) in [5.41, 5.74) is 5.43. The SMILES string of the molecule is NC(=O)[C@@H](NC(=O)[C@H]1CCOC1)C1CCCCC1. The van der Waals surface area contributed by atoms with Crippen LogP contribution >= 0.6 is 0 Å². The molecule has 102 valence electrons.